The topological polar surface area (TPSA) is 40.5 Å². The van der Waals surface area contributed by atoms with Gasteiger partial charge >= 0.3 is 0 Å². The van der Waals surface area contributed by atoms with Gasteiger partial charge < -0.3 is 10.0 Å². The molecule has 1 amide bonds. The number of hydrogen-bond donors (Lipinski definition) is 1. The summed E-state index contributed by atoms with van der Waals surface area (Å²) in [5.41, 5.74) is 1.80. The van der Waals surface area contributed by atoms with Crippen LogP contribution in [0.2, 0.25) is 0 Å². The number of aliphatic hydroxyl groups excluding tert-OH is 1. The number of halogens is 1. The molecule has 3 nitrogen and oxygen atoms in total. The smallest absolute Gasteiger partial charge is 0.255 e. The molecular weight excluding hydrogens is 306 g/mol. The SMILES string of the molecule is Cc1cccc(C(=O)N(CCCO)C2CCC2)c1Br. The number of aryl methyl sites for hydroxylation is 1. The molecule has 0 saturated heterocycles. The minimum absolute atomic E-state index is 0.0775. The highest BCUT2D eigenvalue weighted by molar-refractivity contribution is 9.10. The second-order valence-corrected chi connectivity index (χ2v) is 5.89. The average Bonchev–Trinajstić information content (AvgIpc) is 2.34. The molecule has 0 heterocycles. The van der Waals surface area contributed by atoms with Gasteiger partial charge in [0.1, 0.15) is 0 Å². The molecule has 1 aromatic rings. The first kappa shape index (κ1) is 14.5. The third-order valence-corrected chi connectivity index (χ3v) is 4.81. The number of hydrogen-bond acceptors (Lipinski definition) is 2. The summed E-state index contributed by atoms with van der Waals surface area (Å²) in [6, 6.07) is 6.12. The van der Waals surface area contributed by atoms with E-state index in [1.54, 1.807) is 0 Å². The van der Waals surface area contributed by atoms with Crippen molar-refractivity contribution in [2.45, 2.75) is 38.6 Å². The molecule has 0 unspecified atom stereocenters. The lowest BCUT2D eigenvalue weighted by molar-refractivity contribution is 0.0561. The summed E-state index contributed by atoms with van der Waals surface area (Å²) in [6.45, 7) is 2.76. The zero-order valence-electron chi connectivity index (χ0n) is 11.2. The number of amides is 1. The van der Waals surface area contributed by atoms with E-state index in [1.165, 1.54) is 6.42 Å². The summed E-state index contributed by atoms with van der Waals surface area (Å²) in [6.07, 6.45) is 4.01. The van der Waals surface area contributed by atoms with Crippen LogP contribution in [-0.2, 0) is 0 Å². The van der Waals surface area contributed by atoms with Gasteiger partial charge in [0.25, 0.3) is 5.91 Å². The van der Waals surface area contributed by atoms with Crippen molar-refractivity contribution in [1.29, 1.82) is 0 Å². The summed E-state index contributed by atoms with van der Waals surface area (Å²) in [7, 11) is 0. The van der Waals surface area contributed by atoms with Gasteiger partial charge in [-0.2, -0.15) is 0 Å². The first-order chi connectivity index (χ1) is 9.15. The van der Waals surface area contributed by atoms with Crippen molar-refractivity contribution in [2.75, 3.05) is 13.2 Å². The van der Waals surface area contributed by atoms with Gasteiger partial charge in [0, 0.05) is 23.7 Å². The van der Waals surface area contributed by atoms with Crippen molar-refractivity contribution >= 4 is 21.8 Å². The van der Waals surface area contributed by atoms with E-state index in [-0.39, 0.29) is 12.5 Å². The molecular formula is C15H20BrNO2. The first-order valence-corrected chi connectivity index (χ1v) is 7.61. The van der Waals surface area contributed by atoms with Crippen LogP contribution in [0.4, 0.5) is 0 Å². The molecule has 1 aliphatic carbocycles. The van der Waals surface area contributed by atoms with Gasteiger partial charge in [0.15, 0.2) is 0 Å². The van der Waals surface area contributed by atoms with Crippen LogP contribution in [0.25, 0.3) is 0 Å². The molecule has 1 fully saturated rings. The number of aliphatic hydroxyl groups is 1. The summed E-state index contributed by atoms with van der Waals surface area (Å²) in [5.74, 6) is 0.0775. The standard InChI is InChI=1S/C15H20BrNO2/c1-11-5-2-8-13(14(11)16)15(19)17(9-4-10-18)12-6-3-7-12/h2,5,8,12,18H,3-4,6-7,9-10H2,1H3. The number of carbonyl (C=O) groups is 1. The number of benzene rings is 1. The van der Waals surface area contributed by atoms with E-state index in [1.807, 2.05) is 30.0 Å². The minimum atomic E-state index is 0.0775. The molecule has 2 rings (SSSR count). The highest BCUT2D eigenvalue weighted by Gasteiger charge is 2.29. The van der Waals surface area contributed by atoms with Crippen LogP contribution in [-0.4, -0.2) is 35.1 Å². The van der Waals surface area contributed by atoms with Crippen LogP contribution in [0, 0.1) is 6.92 Å². The maximum Gasteiger partial charge on any atom is 0.255 e. The Morgan fingerprint density at radius 3 is 2.79 bits per heavy atom. The molecule has 1 saturated carbocycles. The molecule has 1 N–H and O–H groups in total. The Morgan fingerprint density at radius 2 is 2.21 bits per heavy atom. The summed E-state index contributed by atoms with van der Waals surface area (Å²) in [5, 5.41) is 8.99. The molecule has 4 heteroatoms. The molecule has 1 aliphatic rings. The van der Waals surface area contributed by atoms with Crippen molar-refractivity contribution in [3.8, 4) is 0 Å². The summed E-state index contributed by atoms with van der Waals surface area (Å²) in [4.78, 5) is 14.6. The van der Waals surface area contributed by atoms with Crippen LogP contribution >= 0.6 is 15.9 Å². The first-order valence-electron chi connectivity index (χ1n) is 6.82. The van der Waals surface area contributed by atoms with Crippen LogP contribution in [0.3, 0.4) is 0 Å². The van der Waals surface area contributed by atoms with E-state index in [9.17, 15) is 4.79 Å². The van der Waals surface area contributed by atoms with E-state index in [0.29, 0.717) is 19.0 Å². The van der Waals surface area contributed by atoms with E-state index in [0.717, 1.165) is 28.4 Å². The third-order valence-electron chi connectivity index (χ3n) is 3.76. The molecule has 104 valence electrons. The Balaban J connectivity index is 2.20. The van der Waals surface area contributed by atoms with Crippen molar-refractivity contribution in [3.05, 3.63) is 33.8 Å². The zero-order chi connectivity index (χ0) is 13.8. The normalized spacial score (nSPS) is 15.1. The fourth-order valence-electron chi connectivity index (χ4n) is 2.36. The predicted octanol–water partition coefficient (Wildman–Crippen LogP) is 3.13. The van der Waals surface area contributed by atoms with Crippen molar-refractivity contribution in [1.82, 2.24) is 4.90 Å². The van der Waals surface area contributed by atoms with Crippen LogP contribution in [0.1, 0.15) is 41.6 Å². The van der Waals surface area contributed by atoms with Gasteiger partial charge in [-0.05, 0) is 60.2 Å². The number of nitrogens with zero attached hydrogens (tertiary/aromatic N) is 1. The Morgan fingerprint density at radius 1 is 1.47 bits per heavy atom. The molecule has 0 aromatic heterocycles. The predicted molar refractivity (Wildman–Crippen MR) is 79.3 cm³/mol. The summed E-state index contributed by atoms with van der Waals surface area (Å²) >= 11 is 3.51. The van der Waals surface area contributed by atoms with Crippen molar-refractivity contribution in [3.63, 3.8) is 0 Å². The molecule has 0 aliphatic heterocycles. The Hall–Kier alpha value is -0.870. The van der Waals surface area contributed by atoms with Crippen molar-refractivity contribution < 1.29 is 9.90 Å². The zero-order valence-corrected chi connectivity index (χ0v) is 12.8. The monoisotopic (exact) mass is 325 g/mol. The molecule has 19 heavy (non-hydrogen) atoms. The molecule has 0 spiro atoms. The maximum absolute atomic E-state index is 12.7. The van der Waals surface area contributed by atoms with Crippen LogP contribution < -0.4 is 0 Å². The quantitative estimate of drug-likeness (QED) is 0.903. The van der Waals surface area contributed by atoms with Crippen LogP contribution in [0.5, 0.6) is 0 Å². The third kappa shape index (κ3) is 3.18. The Bertz CT molecular complexity index is 457. The number of carbonyl (C=O) groups excluding carboxylic acids is 1. The molecule has 0 bridgehead atoms. The van der Waals surface area contributed by atoms with E-state index < -0.39 is 0 Å². The lowest BCUT2D eigenvalue weighted by atomic mass is 9.90. The lowest BCUT2D eigenvalue weighted by Crippen LogP contribution is -2.45. The fraction of sp³-hybridized carbons (Fsp3) is 0.533. The average molecular weight is 326 g/mol. The minimum Gasteiger partial charge on any atom is -0.396 e. The Kier molecular flexibility index (Phi) is 4.99. The molecule has 1 aromatic carbocycles. The van der Waals surface area contributed by atoms with E-state index in [2.05, 4.69) is 15.9 Å². The highest BCUT2D eigenvalue weighted by Crippen LogP contribution is 2.29. The fourth-order valence-corrected chi connectivity index (χ4v) is 2.79. The van der Waals surface area contributed by atoms with E-state index in [4.69, 9.17) is 5.11 Å². The Labute approximate surface area is 122 Å². The van der Waals surface area contributed by atoms with Gasteiger partial charge in [-0.15, -0.1) is 0 Å². The second-order valence-electron chi connectivity index (χ2n) is 5.10. The number of rotatable bonds is 5. The summed E-state index contributed by atoms with van der Waals surface area (Å²) < 4.78 is 0.883. The van der Waals surface area contributed by atoms with Gasteiger partial charge in [-0.3, -0.25) is 4.79 Å². The largest absolute Gasteiger partial charge is 0.396 e. The molecule has 0 radical (unpaired) electrons. The van der Waals surface area contributed by atoms with Crippen molar-refractivity contribution in [2.24, 2.45) is 0 Å². The van der Waals surface area contributed by atoms with Gasteiger partial charge in [0.2, 0.25) is 0 Å². The highest BCUT2D eigenvalue weighted by atomic mass is 79.9. The van der Waals surface area contributed by atoms with E-state index >= 15 is 0 Å². The molecule has 0 atom stereocenters. The van der Waals surface area contributed by atoms with Gasteiger partial charge in [0.05, 0.1) is 5.56 Å². The lowest BCUT2D eigenvalue weighted by Gasteiger charge is -2.38. The van der Waals surface area contributed by atoms with Gasteiger partial charge in [-0.25, -0.2) is 0 Å². The van der Waals surface area contributed by atoms with Gasteiger partial charge in [-0.1, -0.05) is 12.1 Å². The maximum atomic E-state index is 12.7. The second kappa shape index (κ2) is 6.53. The van der Waals surface area contributed by atoms with Crippen LogP contribution in [0.15, 0.2) is 22.7 Å².